The Labute approximate surface area is 56.3 Å². The summed E-state index contributed by atoms with van der Waals surface area (Å²) < 4.78 is 0. The summed E-state index contributed by atoms with van der Waals surface area (Å²) in [4.78, 5) is 13.0. The SMILES string of the molecule is O=C(Cl)C1CSNN1. The molecule has 1 aliphatic heterocycles. The fraction of sp³-hybridized carbons (Fsp3) is 0.667. The predicted molar refractivity (Wildman–Crippen MR) is 33.4 cm³/mol. The molecule has 0 bridgehead atoms. The van der Waals surface area contributed by atoms with Gasteiger partial charge in [-0.3, -0.25) is 4.79 Å². The van der Waals surface area contributed by atoms with Crippen LogP contribution in [0, 0.1) is 0 Å². The van der Waals surface area contributed by atoms with Gasteiger partial charge in [-0.15, -0.1) is 0 Å². The minimum atomic E-state index is -0.331. The third kappa shape index (κ3) is 1.35. The first-order valence-electron chi connectivity index (χ1n) is 2.12. The zero-order chi connectivity index (χ0) is 5.98. The first kappa shape index (κ1) is 6.35. The molecule has 0 aromatic rings. The molecule has 0 spiro atoms. The van der Waals surface area contributed by atoms with Crippen LogP contribution in [0.5, 0.6) is 0 Å². The van der Waals surface area contributed by atoms with Gasteiger partial charge in [0.05, 0.1) is 0 Å². The Bertz CT molecular complexity index is 103. The van der Waals surface area contributed by atoms with Crippen molar-refractivity contribution in [3.63, 3.8) is 0 Å². The first-order valence-corrected chi connectivity index (χ1v) is 3.49. The highest BCUT2D eigenvalue weighted by molar-refractivity contribution is 7.97. The number of hydrazine groups is 1. The average Bonchev–Trinajstić information content (AvgIpc) is 2.12. The van der Waals surface area contributed by atoms with Gasteiger partial charge < -0.3 is 0 Å². The van der Waals surface area contributed by atoms with E-state index in [1.54, 1.807) is 0 Å². The quantitative estimate of drug-likeness (QED) is 0.406. The maximum atomic E-state index is 10.3. The molecule has 1 heterocycles. The summed E-state index contributed by atoms with van der Waals surface area (Å²) >= 11 is 6.57. The first-order chi connectivity index (χ1) is 3.80. The summed E-state index contributed by atoms with van der Waals surface area (Å²) in [5, 5.41) is -0.331. The van der Waals surface area contributed by atoms with Crippen molar-refractivity contribution in [2.75, 3.05) is 5.75 Å². The second-order valence-corrected chi connectivity index (χ2v) is 2.61. The Morgan fingerprint density at radius 2 is 2.62 bits per heavy atom. The van der Waals surface area contributed by atoms with Gasteiger partial charge in [0.2, 0.25) is 5.24 Å². The van der Waals surface area contributed by atoms with Crippen molar-refractivity contribution in [1.82, 2.24) is 10.3 Å². The van der Waals surface area contributed by atoms with Crippen LogP contribution in [0.3, 0.4) is 0 Å². The summed E-state index contributed by atoms with van der Waals surface area (Å²) in [6, 6.07) is -0.207. The standard InChI is InChI=1S/C3H5ClN2OS/c4-3(7)2-1-8-6-5-2/h2,5-6H,1H2. The van der Waals surface area contributed by atoms with E-state index in [-0.39, 0.29) is 11.3 Å². The highest BCUT2D eigenvalue weighted by atomic mass is 35.5. The van der Waals surface area contributed by atoms with E-state index in [9.17, 15) is 4.79 Å². The van der Waals surface area contributed by atoms with Gasteiger partial charge in [0.15, 0.2) is 0 Å². The monoisotopic (exact) mass is 152 g/mol. The molecule has 8 heavy (non-hydrogen) atoms. The van der Waals surface area contributed by atoms with Gasteiger partial charge in [0.25, 0.3) is 0 Å². The Kier molecular flexibility index (Phi) is 2.13. The predicted octanol–water partition coefficient (Wildman–Crippen LogP) is -0.124. The van der Waals surface area contributed by atoms with Gasteiger partial charge in [-0.2, -0.15) is 0 Å². The summed E-state index contributed by atoms with van der Waals surface area (Å²) in [5.41, 5.74) is 2.69. The number of carbonyl (C=O) groups is 1. The van der Waals surface area contributed by atoms with E-state index in [1.165, 1.54) is 11.9 Å². The highest BCUT2D eigenvalue weighted by Crippen LogP contribution is 2.05. The van der Waals surface area contributed by atoms with Crippen LogP contribution in [-0.2, 0) is 4.79 Å². The van der Waals surface area contributed by atoms with E-state index in [1.807, 2.05) is 0 Å². The van der Waals surface area contributed by atoms with Crippen LogP contribution in [0.25, 0.3) is 0 Å². The molecule has 46 valence electrons. The second-order valence-electron chi connectivity index (χ2n) is 1.41. The van der Waals surface area contributed by atoms with Gasteiger partial charge in [-0.25, -0.2) is 10.3 Å². The highest BCUT2D eigenvalue weighted by Gasteiger charge is 2.19. The van der Waals surface area contributed by atoms with E-state index in [4.69, 9.17) is 11.6 Å². The largest absolute Gasteiger partial charge is 0.279 e. The number of hydrogen-bond donors (Lipinski definition) is 2. The number of rotatable bonds is 1. The topological polar surface area (TPSA) is 41.1 Å². The zero-order valence-electron chi connectivity index (χ0n) is 3.98. The minimum Gasteiger partial charge on any atom is -0.279 e. The fourth-order valence-corrected chi connectivity index (χ4v) is 1.34. The van der Waals surface area contributed by atoms with Crippen LogP contribution in [0.4, 0.5) is 0 Å². The summed E-state index contributed by atoms with van der Waals surface area (Å²) in [6.07, 6.45) is 0. The molecule has 0 aliphatic carbocycles. The third-order valence-corrected chi connectivity index (χ3v) is 1.85. The van der Waals surface area contributed by atoms with Crippen LogP contribution < -0.4 is 10.3 Å². The van der Waals surface area contributed by atoms with Gasteiger partial charge in [-0.1, -0.05) is 11.9 Å². The van der Waals surface area contributed by atoms with Crippen LogP contribution in [0.2, 0.25) is 0 Å². The maximum Gasteiger partial charge on any atom is 0.240 e. The van der Waals surface area contributed by atoms with Gasteiger partial charge in [0, 0.05) is 5.75 Å². The maximum absolute atomic E-state index is 10.3. The Hall–Kier alpha value is 0.230. The molecule has 5 heteroatoms. The van der Waals surface area contributed by atoms with E-state index in [0.717, 1.165) is 0 Å². The molecule has 0 saturated carbocycles. The molecule has 1 aliphatic rings. The van der Waals surface area contributed by atoms with Crippen molar-refractivity contribution in [3.8, 4) is 0 Å². The van der Waals surface area contributed by atoms with E-state index in [2.05, 4.69) is 10.3 Å². The van der Waals surface area contributed by atoms with Crippen molar-refractivity contribution in [3.05, 3.63) is 0 Å². The summed E-state index contributed by atoms with van der Waals surface area (Å²) in [6.45, 7) is 0. The molecular weight excluding hydrogens is 148 g/mol. The van der Waals surface area contributed by atoms with E-state index >= 15 is 0 Å². The lowest BCUT2D eigenvalue weighted by Gasteiger charge is -1.97. The Balaban J connectivity index is 2.35. The van der Waals surface area contributed by atoms with Gasteiger partial charge in [-0.05, 0) is 11.6 Å². The third-order valence-electron chi connectivity index (χ3n) is 0.829. The van der Waals surface area contributed by atoms with Crippen molar-refractivity contribution < 1.29 is 4.79 Å². The van der Waals surface area contributed by atoms with Crippen molar-refractivity contribution in [1.29, 1.82) is 0 Å². The molecule has 0 aromatic carbocycles. The van der Waals surface area contributed by atoms with E-state index in [0.29, 0.717) is 5.75 Å². The number of nitrogens with one attached hydrogen (secondary N) is 2. The molecule has 1 fully saturated rings. The van der Waals surface area contributed by atoms with Gasteiger partial charge >= 0.3 is 0 Å². The number of carbonyl (C=O) groups excluding carboxylic acids is 1. The van der Waals surface area contributed by atoms with Gasteiger partial charge in [0.1, 0.15) is 6.04 Å². The lowest BCUT2D eigenvalue weighted by atomic mass is 10.4. The molecule has 0 amide bonds. The Morgan fingerprint density at radius 1 is 1.88 bits per heavy atom. The molecule has 1 saturated heterocycles. The van der Waals surface area contributed by atoms with Crippen molar-refractivity contribution in [2.45, 2.75) is 6.04 Å². The number of hydrogen-bond acceptors (Lipinski definition) is 4. The zero-order valence-corrected chi connectivity index (χ0v) is 5.55. The van der Waals surface area contributed by atoms with E-state index < -0.39 is 0 Å². The van der Waals surface area contributed by atoms with Crippen molar-refractivity contribution >= 4 is 28.8 Å². The molecule has 2 N–H and O–H groups in total. The smallest absolute Gasteiger partial charge is 0.240 e. The Morgan fingerprint density at radius 3 is 2.88 bits per heavy atom. The lowest BCUT2D eigenvalue weighted by Crippen LogP contribution is -2.34. The average molecular weight is 153 g/mol. The van der Waals surface area contributed by atoms with Crippen LogP contribution in [-0.4, -0.2) is 17.0 Å². The molecule has 1 atom stereocenters. The molecule has 1 rings (SSSR count). The van der Waals surface area contributed by atoms with Crippen LogP contribution >= 0.6 is 23.5 Å². The van der Waals surface area contributed by atoms with Crippen LogP contribution in [0.1, 0.15) is 0 Å². The normalized spacial score (nSPS) is 28.4. The summed E-state index contributed by atoms with van der Waals surface area (Å²) in [5.74, 6) is 0.711. The second kappa shape index (κ2) is 2.68. The molecule has 1 unspecified atom stereocenters. The summed E-state index contributed by atoms with van der Waals surface area (Å²) in [7, 11) is 0. The molecule has 3 nitrogen and oxygen atoms in total. The van der Waals surface area contributed by atoms with Crippen LogP contribution in [0.15, 0.2) is 0 Å². The van der Waals surface area contributed by atoms with Crippen molar-refractivity contribution in [2.24, 2.45) is 0 Å². The lowest BCUT2D eigenvalue weighted by molar-refractivity contribution is -0.112. The molecular formula is C3H5ClN2OS. The fourth-order valence-electron chi connectivity index (χ4n) is 0.402. The molecule has 0 aromatic heterocycles. The number of halogens is 1. The molecule has 0 radical (unpaired) electrons. The minimum absolute atomic E-state index is 0.207.